The van der Waals surface area contributed by atoms with Gasteiger partial charge in [0.1, 0.15) is 11.6 Å². The van der Waals surface area contributed by atoms with Crippen LogP contribution in [0.5, 0.6) is 0 Å². The second-order valence-electron chi connectivity index (χ2n) is 7.78. The highest BCUT2D eigenvalue weighted by molar-refractivity contribution is 5.33. The Hall–Kier alpha value is -1.74. The Labute approximate surface area is 148 Å². The molecular weight excluding hydrogens is 316 g/mol. The summed E-state index contributed by atoms with van der Waals surface area (Å²) in [6.07, 6.45) is 6.17. The van der Waals surface area contributed by atoms with Gasteiger partial charge in [0.25, 0.3) is 0 Å². The lowest BCUT2D eigenvalue weighted by Gasteiger charge is -2.38. The summed E-state index contributed by atoms with van der Waals surface area (Å²) in [6, 6.07) is 15.1. The van der Waals surface area contributed by atoms with E-state index in [-0.39, 0.29) is 17.6 Å². The maximum absolute atomic E-state index is 13.4. The van der Waals surface area contributed by atoms with E-state index in [1.165, 1.54) is 49.9 Å². The Bertz CT molecular complexity index is 650. The van der Waals surface area contributed by atoms with Gasteiger partial charge in [-0.1, -0.05) is 24.3 Å². The molecule has 25 heavy (non-hydrogen) atoms. The van der Waals surface area contributed by atoms with Crippen molar-refractivity contribution in [1.82, 2.24) is 4.90 Å². The van der Waals surface area contributed by atoms with Crippen molar-refractivity contribution in [3.8, 4) is 0 Å². The van der Waals surface area contributed by atoms with Crippen LogP contribution < -0.4 is 0 Å². The molecule has 2 aliphatic rings. The molecule has 4 rings (SSSR count). The lowest BCUT2D eigenvalue weighted by atomic mass is 9.78. The zero-order valence-electron chi connectivity index (χ0n) is 14.7. The molecule has 2 aliphatic heterocycles. The highest BCUT2D eigenvalue weighted by Gasteiger charge is 2.39. The molecule has 0 aromatic heterocycles. The summed E-state index contributed by atoms with van der Waals surface area (Å²) < 4.78 is 26.7. The van der Waals surface area contributed by atoms with Gasteiger partial charge in [-0.3, -0.25) is 0 Å². The van der Waals surface area contributed by atoms with Crippen molar-refractivity contribution in [2.75, 3.05) is 7.05 Å². The van der Waals surface area contributed by atoms with Gasteiger partial charge in [0.2, 0.25) is 0 Å². The Morgan fingerprint density at radius 2 is 1.28 bits per heavy atom. The molecule has 0 N–H and O–H groups in total. The number of halogens is 2. The highest BCUT2D eigenvalue weighted by atomic mass is 19.1. The van der Waals surface area contributed by atoms with Crippen LogP contribution in [0.1, 0.15) is 49.1 Å². The largest absolute Gasteiger partial charge is 0.300 e. The molecule has 0 radical (unpaired) electrons. The summed E-state index contributed by atoms with van der Waals surface area (Å²) in [5.41, 5.74) is 2.25. The molecule has 2 bridgehead atoms. The first-order valence-electron chi connectivity index (χ1n) is 9.33. The van der Waals surface area contributed by atoms with Crippen molar-refractivity contribution >= 4 is 0 Å². The van der Waals surface area contributed by atoms with Crippen LogP contribution in [0.3, 0.4) is 0 Å². The summed E-state index contributed by atoms with van der Waals surface area (Å²) in [5.74, 6) is 0.459. The number of rotatable bonds is 4. The van der Waals surface area contributed by atoms with Crippen molar-refractivity contribution < 1.29 is 8.78 Å². The van der Waals surface area contributed by atoms with Crippen LogP contribution in [0.15, 0.2) is 48.5 Å². The second kappa shape index (κ2) is 6.87. The number of hydrogen-bond acceptors (Lipinski definition) is 1. The fraction of sp³-hybridized carbons (Fsp3) is 0.455. The minimum Gasteiger partial charge on any atom is -0.300 e. The normalized spacial score (nSPS) is 26.3. The van der Waals surface area contributed by atoms with Gasteiger partial charge in [0.05, 0.1) is 0 Å². The average molecular weight is 341 g/mol. The van der Waals surface area contributed by atoms with E-state index in [9.17, 15) is 8.78 Å². The molecule has 2 aromatic carbocycles. The van der Waals surface area contributed by atoms with Gasteiger partial charge < -0.3 is 4.90 Å². The van der Waals surface area contributed by atoms with E-state index in [1.54, 1.807) is 0 Å². The maximum Gasteiger partial charge on any atom is 0.123 e. The van der Waals surface area contributed by atoms with Crippen molar-refractivity contribution in [2.45, 2.75) is 50.1 Å². The molecule has 0 amide bonds. The van der Waals surface area contributed by atoms with Gasteiger partial charge in [-0.2, -0.15) is 0 Å². The van der Waals surface area contributed by atoms with Crippen molar-refractivity contribution in [2.24, 2.45) is 5.92 Å². The zero-order valence-corrected chi connectivity index (χ0v) is 14.7. The molecule has 0 unspecified atom stereocenters. The third kappa shape index (κ3) is 3.48. The summed E-state index contributed by atoms with van der Waals surface area (Å²) in [4.78, 5) is 2.56. The molecule has 3 atom stereocenters. The lowest BCUT2D eigenvalue weighted by Crippen LogP contribution is -2.40. The van der Waals surface area contributed by atoms with Gasteiger partial charge in [0, 0.05) is 18.0 Å². The Morgan fingerprint density at radius 1 is 0.840 bits per heavy atom. The Kier molecular flexibility index (Phi) is 4.60. The predicted molar refractivity (Wildman–Crippen MR) is 96.6 cm³/mol. The van der Waals surface area contributed by atoms with Crippen LogP contribution >= 0.6 is 0 Å². The first kappa shape index (κ1) is 16.7. The molecule has 2 saturated heterocycles. The number of piperidine rings is 1. The van der Waals surface area contributed by atoms with Crippen molar-refractivity contribution in [1.29, 1.82) is 0 Å². The lowest BCUT2D eigenvalue weighted by molar-refractivity contribution is 0.127. The highest BCUT2D eigenvalue weighted by Crippen LogP contribution is 2.42. The average Bonchev–Trinajstić information content (AvgIpc) is 2.83. The van der Waals surface area contributed by atoms with E-state index >= 15 is 0 Å². The molecule has 132 valence electrons. The van der Waals surface area contributed by atoms with Gasteiger partial charge in [-0.05, 0) is 80.5 Å². The summed E-state index contributed by atoms with van der Waals surface area (Å²) in [7, 11) is 2.26. The van der Waals surface area contributed by atoms with Crippen LogP contribution in [0, 0.1) is 17.6 Å². The second-order valence-corrected chi connectivity index (χ2v) is 7.78. The van der Waals surface area contributed by atoms with E-state index in [0.29, 0.717) is 18.0 Å². The quantitative estimate of drug-likeness (QED) is 0.723. The maximum atomic E-state index is 13.4. The number of nitrogens with zero attached hydrogens (tertiary/aromatic N) is 1. The fourth-order valence-corrected chi connectivity index (χ4v) is 4.90. The fourth-order valence-electron chi connectivity index (χ4n) is 4.90. The molecule has 0 aliphatic carbocycles. The van der Waals surface area contributed by atoms with E-state index in [2.05, 4.69) is 11.9 Å². The zero-order chi connectivity index (χ0) is 17.4. The van der Waals surface area contributed by atoms with Crippen LogP contribution in [-0.4, -0.2) is 24.0 Å². The van der Waals surface area contributed by atoms with E-state index in [4.69, 9.17) is 0 Å². The van der Waals surface area contributed by atoms with Crippen LogP contribution in [-0.2, 0) is 0 Å². The van der Waals surface area contributed by atoms with Gasteiger partial charge in [0.15, 0.2) is 0 Å². The molecule has 2 heterocycles. The van der Waals surface area contributed by atoms with E-state index in [1.807, 2.05) is 24.3 Å². The molecule has 0 spiro atoms. The molecule has 1 nitrogen and oxygen atoms in total. The first-order valence-corrected chi connectivity index (χ1v) is 9.33. The van der Waals surface area contributed by atoms with Gasteiger partial charge in [-0.25, -0.2) is 8.78 Å². The predicted octanol–water partition coefficient (Wildman–Crippen LogP) is 5.36. The Balaban J connectivity index is 1.59. The van der Waals surface area contributed by atoms with Gasteiger partial charge in [-0.15, -0.1) is 0 Å². The SMILES string of the molecule is CN1[C@@H]2CC[C@H]1C[C@@H](CC(c1ccc(F)cc1)c1ccc(F)cc1)C2. The number of fused-ring (bicyclic) bond motifs is 2. The van der Waals surface area contributed by atoms with Crippen LogP contribution in [0.4, 0.5) is 8.78 Å². The molecular formula is C22H25F2N. The Morgan fingerprint density at radius 3 is 1.72 bits per heavy atom. The van der Waals surface area contributed by atoms with Crippen LogP contribution in [0.25, 0.3) is 0 Å². The summed E-state index contributed by atoms with van der Waals surface area (Å²) in [5, 5.41) is 0. The smallest absolute Gasteiger partial charge is 0.123 e. The topological polar surface area (TPSA) is 3.24 Å². The first-order chi connectivity index (χ1) is 12.1. The van der Waals surface area contributed by atoms with E-state index in [0.717, 1.165) is 17.5 Å². The van der Waals surface area contributed by atoms with Crippen molar-refractivity contribution in [3.63, 3.8) is 0 Å². The minimum atomic E-state index is -0.209. The minimum absolute atomic E-state index is 0.203. The summed E-state index contributed by atoms with van der Waals surface area (Å²) in [6.45, 7) is 0. The third-order valence-electron chi connectivity index (χ3n) is 6.31. The molecule has 3 heteroatoms. The van der Waals surface area contributed by atoms with Crippen molar-refractivity contribution in [3.05, 3.63) is 71.3 Å². The third-order valence-corrected chi connectivity index (χ3v) is 6.31. The molecule has 2 aromatic rings. The number of hydrogen-bond donors (Lipinski definition) is 0. The summed E-state index contributed by atoms with van der Waals surface area (Å²) >= 11 is 0. The molecule has 0 saturated carbocycles. The monoisotopic (exact) mass is 341 g/mol. The van der Waals surface area contributed by atoms with E-state index < -0.39 is 0 Å². The molecule has 2 fully saturated rings. The standard InChI is InChI=1S/C22H25F2N/c1-25-20-10-11-21(25)13-15(12-20)14-22(16-2-6-18(23)7-3-16)17-4-8-19(24)9-5-17/h2-9,15,20-22H,10-14H2,1H3/t15-,20+,21-. The number of benzene rings is 2. The van der Waals surface area contributed by atoms with Gasteiger partial charge >= 0.3 is 0 Å². The van der Waals surface area contributed by atoms with Crippen LogP contribution in [0.2, 0.25) is 0 Å².